The number of primary amides is 1. The molecule has 1 unspecified atom stereocenters. The van der Waals surface area contributed by atoms with E-state index in [1.54, 1.807) is 0 Å². The van der Waals surface area contributed by atoms with Gasteiger partial charge in [0.1, 0.15) is 6.61 Å². The molecule has 3 N–H and O–H groups in total. The molecule has 0 aromatic carbocycles. The molecule has 0 aliphatic carbocycles. The molecule has 14 heavy (non-hydrogen) atoms. The monoisotopic (exact) mass is 222 g/mol. The summed E-state index contributed by atoms with van der Waals surface area (Å²) in [6, 6.07) is -0.229. The van der Waals surface area contributed by atoms with Gasteiger partial charge in [0.15, 0.2) is 9.84 Å². The first kappa shape index (κ1) is 11.4. The molecule has 1 amide bonds. The van der Waals surface area contributed by atoms with Crippen molar-refractivity contribution in [3.8, 4) is 0 Å². The fourth-order valence-corrected chi connectivity index (χ4v) is 2.97. The predicted octanol–water partition coefficient (Wildman–Crippen LogP) is -1.43. The number of hydroxylamine groups is 1. The fraction of sp³-hybridized carbons (Fsp3) is 0.857. The second kappa shape index (κ2) is 4.72. The van der Waals surface area contributed by atoms with E-state index >= 15 is 0 Å². The number of carbonyl (C=O) groups is 1. The van der Waals surface area contributed by atoms with Crippen LogP contribution in [-0.4, -0.2) is 38.5 Å². The van der Waals surface area contributed by atoms with Gasteiger partial charge in [-0.2, -0.15) is 5.48 Å². The van der Waals surface area contributed by atoms with E-state index in [-0.39, 0.29) is 24.2 Å². The fourth-order valence-electron chi connectivity index (χ4n) is 1.35. The van der Waals surface area contributed by atoms with E-state index in [1.807, 2.05) is 0 Å². The summed E-state index contributed by atoms with van der Waals surface area (Å²) in [6.45, 7) is -0.240. The zero-order chi connectivity index (χ0) is 10.6. The second-order valence-electron chi connectivity index (χ2n) is 3.33. The van der Waals surface area contributed by atoms with Crippen molar-refractivity contribution in [3.63, 3.8) is 0 Å². The van der Waals surface area contributed by atoms with Gasteiger partial charge in [0.05, 0.1) is 11.5 Å². The molecule has 0 aromatic heterocycles. The molecular weight excluding hydrogens is 208 g/mol. The van der Waals surface area contributed by atoms with E-state index in [9.17, 15) is 13.2 Å². The molecule has 0 aromatic rings. The van der Waals surface area contributed by atoms with Gasteiger partial charge in [-0.15, -0.1) is 0 Å². The SMILES string of the molecule is NC(=O)CONC1CCCS(=O)(=O)C1. The number of rotatable bonds is 4. The lowest BCUT2D eigenvalue weighted by atomic mass is 10.2. The van der Waals surface area contributed by atoms with Crippen LogP contribution in [0.25, 0.3) is 0 Å². The third-order valence-corrected chi connectivity index (χ3v) is 3.75. The van der Waals surface area contributed by atoms with E-state index in [0.717, 1.165) is 6.42 Å². The van der Waals surface area contributed by atoms with Crippen LogP contribution >= 0.6 is 0 Å². The summed E-state index contributed by atoms with van der Waals surface area (Å²) in [5.41, 5.74) is 7.37. The molecule has 1 aliphatic rings. The third-order valence-electron chi connectivity index (χ3n) is 1.93. The molecule has 1 aliphatic heterocycles. The van der Waals surface area contributed by atoms with Gasteiger partial charge in [-0.3, -0.25) is 9.63 Å². The molecule has 1 atom stereocenters. The van der Waals surface area contributed by atoms with Crippen LogP contribution in [-0.2, 0) is 19.5 Å². The third kappa shape index (κ3) is 4.03. The molecule has 1 saturated heterocycles. The zero-order valence-corrected chi connectivity index (χ0v) is 8.55. The van der Waals surface area contributed by atoms with Crippen LogP contribution in [0, 0.1) is 0 Å². The minimum Gasteiger partial charge on any atom is -0.368 e. The Bertz CT molecular complexity index is 301. The lowest BCUT2D eigenvalue weighted by Crippen LogP contribution is -2.41. The van der Waals surface area contributed by atoms with Gasteiger partial charge in [0.2, 0.25) is 5.91 Å². The molecule has 0 radical (unpaired) electrons. The van der Waals surface area contributed by atoms with Crippen molar-refractivity contribution in [2.45, 2.75) is 18.9 Å². The summed E-state index contributed by atoms with van der Waals surface area (Å²) < 4.78 is 22.3. The van der Waals surface area contributed by atoms with Gasteiger partial charge in [-0.05, 0) is 12.8 Å². The van der Waals surface area contributed by atoms with Gasteiger partial charge < -0.3 is 5.73 Å². The van der Waals surface area contributed by atoms with Crippen molar-refractivity contribution in [2.75, 3.05) is 18.1 Å². The van der Waals surface area contributed by atoms with E-state index in [4.69, 9.17) is 10.6 Å². The van der Waals surface area contributed by atoms with Crippen molar-refractivity contribution in [2.24, 2.45) is 5.73 Å². The van der Waals surface area contributed by atoms with Crippen LogP contribution < -0.4 is 11.2 Å². The summed E-state index contributed by atoms with van der Waals surface area (Å²) >= 11 is 0. The topological polar surface area (TPSA) is 98.5 Å². The standard InChI is InChI=1S/C7H14N2O4S/c8-7(10)4-13-9-6-2-1-3-14(11,12)5-6/h6,9H,1-5H2,(H2,8,10). The van der Waals surface area contributed by atoms with Crippen molar-refractivity contribution >= 4 is 15.7 Å². The molecule has 1 heterocycles. The normalized spacial score (nSPS) is 25.9. The Labute approximate surface area is 82.7 Å². The van der Waals surface area contributed by atoms with Crippen molar-refractivity contribution < 1.29 is 18.0 Å². The number of nitrogens with one attached hydrogen (secondary N) is 1. The lowest BCUT2D eigenvalue weighted by molar-refractivity contribution is -0.125. The highest BCUT2D eigenvalue weighted by atomic mass is 32.2. The maximum atomic E-state index is 11.2. The largest absolute Gasteiger partial charge is 0.368 e. The first-order valence-corrected chi connectivity index (χ1v) is 6.18. The first-order chi connectivity index (χ1) is 6.49. The van der Waals surface area contributed by atoms with Crippen molar-refractivity contribution in [3.05, 3.63) is 0 Å². The number of nitrogens with two attached hydrogens (primary N) is 1. The highest BCUT2D eigenvalue weighted by molar-refractivity contribution is 7.91. The van der Waals surface area contributed by atoms with E-state index < -0.39 is 15.7 Å². The molecule has 0 bridgehead atoms. The quantitative estimate of drug-likeness (QED) is 0.568. The van der Waals surface area contributed by atoms with Crippen molar-refractivity contribution in [1.29, 1.82) is 0 Å². The zero-order valence-electron chi connectivity index (χ0n) is 7.73. The Morgan fingerprint density at radius 3 is 2.86 bits per heavy atom. The minimum absolute atomic E-state index is 0.0613. The average molecular weight is 222 g/mol. The van der Waals surface area contributed by atoms with Gasteiger partial charge in [0, 0.05) is 6.04 Å². The van der Waals surface area contributed by atoms with Crippen molar-refractivity contribution in [1.82, 2.24) is 5.48 Å². The lowest BCUT2D eigenvalue weighted by Gasteiger charge is -2.22. The predicted molar refractivity (Wildman–Crippen MR) is 50.0 cm³/mol. The molecule has 0 spiro atoms. The highest BCUT2D eigenvalue weighted by Crippen LogP contribution is 2.11. The Morgan fingerprint density at radius 1 is 1.57 bits per heavy atom. The van der Waals surface area contributed by atoms with Gasteiger partial charge in [-0.1, -0.05) is 0 Å². The van der Waals surface area contributed by atoms with E-state index in [0.29, 0.717) is 6.42 Å². The molecule has 7 heteroatoms. The molecule has 1 fully saturated rings. The number of hydrogen-bond acceptors (Lipinski definition) is 5. The van der Waals surface area contributed by atoms with Gasteiger partial charge in [-0.25, -0.2) is 8.42 Å². The Kier molecular flexibility index (Phi) is 3.85. The van der Waals surface area contributed by atoms with Crippen LogP contribution in [0.4, 0.5) is 0 Å². The maximum Gasteiger partial charge on any atom is 0.245 e. The summed E-state index contributed by atoms with van der Waals surface area (Å²) in [5.74, 6) is -0.289. The van der Waals surface area contributed by atoms with E-state index in [1.165, 1.54) is 0 Å². The highest BCUT2D eigenvalue weighted by Gasteiger charge is 2.24. The first-order valence-electron chi connectivity index (χ1n) is 4.36. The summed E-state index contributed by atoms with van der Waals surface area (Å²) in [5, 5.41) is 0. The van der Waals surface area contributed by atoms with Gasteiger partial charge in [0.25, 0.3) is 0 Å². The second-order valence-corrected chi connectivity index (χ2v) is 5.56. The maximum absolute atomic E-state index is 11.2. The van der Waals surface area contributed by atoms with Crippen LogP contribution in [0.3, 0.4) is 0 Å². The molecule has 0 saturated carbocycles. The summed E-state index contributed by atoms with van der Waals surface area (Å²) in [4.78, 5) is 15.0. The Balaban J connectivity index is 2.28. The molecule has 1 rings (SSSR count). The van der Waals surface area contributed by atoms with Gasteiger partial charge >= 0.3 is 0 Å². The smallest absolute Gasteiger partial charge is 0.245 e. The minimum atomic E-state index is -2.94. The number of carbonyl (C=O) groups excluding carboxylic acids is 1. The number of sulfone groups is 1. The van der Waals surface area contributed by atoms with E-state index in [2.05, 4.69) is 5.48 Å². The van der Waals surface area contributed by atoms with Crippen LogP contribution in [0.5, 0.6) is 0 Å². The van der Waals surface area contributed by atoms with Crippen LogP contribution in [0.1, 0.15) is 12.8 Å². The Morgan fingerprint density at radius 2 is 2.29 bits per heavy atom. The number of amides is 1. The van der Waals surface area contributed by atoms with Crippen LogP contribution in [0.2, 0.25) is 0 Å². The summed E-state index contributed by atoms with van der Waals surface area (Å²) in [7, 11) is -2.94. The Hall–Kier alpha value is -0.660. The molecule has 6 nitrogen and oxygen atoms in total. The molecule has 82 valence electrons. The average Bonchev–Trinajstić information content (AvgIpc) is 2.01. The van der Waals surface area contributed by atoms with Crippen LogP contribution in [0.15, 0.2) is 0 Å². The summed E-state index contributed by atoms with van der Waals surface area (Å²) in [6.07, 6.45) is 1.36. The molecular formula is C7H14N2O4S. The number of hydrogen-bond donors (Lipinski definition) is 2.